The summed E-state index contributed by atoms with van der Waals surface area (Å²) < 4.78 is 70.1. The second-order valence-electron chi connectivity index (χ2n) is 2.11. The van der Waals surface area contributed by atoms with Crippen molar-refractivity contribution in [1.82, 2.24) is 0 Å². The zero-order chi connectivity index (χ0) is 9.28. The normalized spacial score (nSPS) is 21.0. The van der Waals surface area contributed by atoms with Gasteiger partial charge in [-0.25, -0.2) is 13.2 Å². The predicted octanol–water partition coefficient (Wildman–Crippen LogP) is 2.58. The molecule has 0 saturated carbocycles. The summed E-state index contributed by atoms with van der Waals surface area (Å²) in [7, 11) is 0. The molecule has 0 aliphatic heterocycles. The highest BCUT2D eigenvalue weighted by Gasteiger charge is 2.60. The Hall–Kier alpha value is -0.420. The summed E-state index contributed by atoms with van der Waals surface area (Å²) in [6.45, 7) is -2.07. The quantitative estimate of drug-likeness (QED) is 0.573. The van der Waals surface area contributed by atoms with Gasteiger partial charge in [0.15, 0.2) is 0 Å². The summed E-state index contributed by atoms with van der Waals surface area (Å²) in [5, 5.41) is 0. The van der Waals surface area contributed by atoms with Crippen LogP contribution < -0.4 is 0 Å². The van der Waals surface area contributed by atoms with Crippen LogP contribution in [0.2, 0.25) is 0 Å². The van der Waals surface area contributed by atoms with Gasteiger partial charge >= 0.3 is 6.18 Å². The van der Waals surface area contributed by atoms with Crippen molar-refractivity contribution in [3.05, 3.63) is 0 Å². The van der Waals surface area contributed by atoms with E-state index in [0.717, 1.165) is 0 Å². The van der Waals surface area contributed by atoms with Gasteiger partial charge in [-0.2, -0.15) is 13.2 Å². The fourth-order valence-electron chi connectivity index (χ4n) is 0.408. The fraction of sp³-hybridized carbons (Fsp3) is 1.00. The van der Waals surface area contributed by atoms with E-state index < -0.39 is 24.7 Å². The Labute approximate surface area is 59.2 Å². The molecular weight excluding hydrogens is 174 g/mol. The Morgan fingerprint density at radius 1 is 1.18 bits per heavy atom. The van der Waals surface area contributed by atoms with Gasteiger partial charge < -0.3 is 0 Å². The van der Waals surface area contributed by atoms with Crippen LogP contribution in [0.1, 0.15) is 6.92 Å². The maximum Gasteiger partial charge on any atom is 0.428 e. The number of hydrogen-bond donors (Lipinski definition) is 0. The van der Waals surface area contributed by atoms with Crippen LogP contribution in [0.3, 0.4) is 0 Å². The lowest BCUT2D eigenvalue weighted by Gasteiger charge is -2.25. The Morgan fingerprint density at radius 2 is 1.55 bits per heavy atom. The Bertz CT molecular complexity index is 127. The van der Waals surface area contributed by atoms with Gasteiger partial charge in [-0.3, -0.25) is 0 Å². The lowest BCUT2D eigenvalue weighted by molar-refractivity contribution is -0.252. The number of rotatable bonds is 2. The van der Waals surface area contributed by atoms with Crippen LogP contribution in [-0.4, -0.2) is 24.7 Å². The standard InChI is InChI=1S/C5H6F6/c1-3(7)4(8,2-6)5(9,10)11/h3H,2H2,1H3. The largest absolute Gasteiger partial charge is 0.428 e. The third-order valence-electron chi connectivity index (χ3n) is 1.30. The molecule has 0 aromatic carbocycles. The van der Waals surface area contributed by atoms with E-state index in [4.69, 9.17) is 0 Å². The maximum atomic E-state index is 12.3. The molecule has 0 aliphatic rings. The lowest BCUT2D eigenvalue weighted by Crippen LogP contribution is -2.49. The van der Waals surface area contributed by atoms with Gasteiger partial charge in [0.1, 0.15) is 12.8 Å². The van der Waals surface area contributed by atoms with Crippen LogP contribution in [0.4, 0.5) is 26.3 Å². The van der Waals surface area contributed by atoms with E-state index in [1.807, 2.05) is 0 Å². The van der Waals surface area contributed by atoms with E-state index >= 15 is 0 Å². The van der Waals surface area contributed by atoms with E-state index in [0.29, 0.717) is 6.92 Å². The van der Waals surface area contributed by atoms with Crippen LogP contribution in [-0.2, 0) is 0 Å². The van der Waals surface area contributed by atoms with Crippen molar-refractivity contribution in [1.29, 1.82) is 0 Å². The predicted molar refractivity (Wildman–Crippen MR) is 26.4 cm³/mol. The van der Waals surface area contributed by atoms with Gasteiger partial charge in [-0.15, -0.1) is 0 Å². The van der Waals surface area contributed by atoms with Gasteiger partial charge in [0.25, 0.3) is 5.67 Å². The van der Waals surface area contributed by atoms with Gasteiger partial charge in [0.2, 0.25) is 0 Å². The molecule has 0 saturated heterocycles. The van der Waals surface area contributed by atoms with Gasteiger partial charge in [-0.1, -0.05) is 0 Å². The zero-order valence-electron chi connectivity index (χ0n) is 5.55. The highest BCUT2D eigenvalue weighted by Crippen LogP contribution is 2.38. The molecule has 0 radical (unpaired) electrons. The summed E-state index contributed by atoms with van der Waals surface area (Å²) in [6.07, 6.45) is -8.39. The molecule has 0 heterocycles. The van der Waals surface area contributed by atoms with Crippen molar-refractivity contribution in [3.63, 3.8) is 0 Å². The van der Waals surface area contributed by atoms with Crippen molar-refractivity contribution in [2.24, 2.45) is 0 Å². The summed E-state index contributed by atoms with van der Waals surface area (Å²) in [5.74, 6) is 0. The molecule has 0 spiro atoms. The monoisotopic (exact) mass is 180 g/mol. The van der Waals surface area contributed by atoms with Gasteiger partial charge in [-0.05, 0) is 6.92 Å². The first-order chi connectivity index (χ1) is 4.75. The van der Waals surface area contributed by atoms with E-state index in [2.05, 4.69) is 0 Å². The molecule has 11 heavy (non-hydrogen) atoms. The molecular formula is C5H6F6. The first-order valence-electron chi connectivity index (χ1n) is 2.71. The molecule has 0 N–H and O–H groups in total. The first kappa shape index (κ1) is 10.6. The van der Waals surface area contributed by atoms with E-state index in [1.54, 1.807) is 0 Å². The molecule has 0 amide bonds. The van der Waals surface area contributed by atoms with Crippen molar-refractivity contribution < 1.29 is 26.3 Å². The molecule has 0 rings (SSSR count). The number of hydrogen-bond acceptors (Lipinski definition) is 0. The summed E-state index contributed by atoms with van der Waals surface area (Å²) in [5.41, 5.74) is -4.35. The molecule has 6 heteroatoms. The molecule has 2 atom stereocenters. The molecule has 0 nitrogen and oxygen atoms in total. The Balaban J connectivity index is 4.61. The van der Waals surface area contributed by atoms with Crippen LogP contribution in [0, 0.1) is 0 Å². The summed E-state index contributed by atoms with van der Waals surface area (Å²) in [6, 6.07) is 0. The zero-order valence-corrected chi connectivity index (χ0v) is 5.55. The van der Waals surface area contributed by atoms with Crippen molar-refractivity contribution in [3.8, 4) is 0 Å². The topological polar surface area (TPSA) is 0 Å². The minimum Gasteiger partial charge on any atom is -0.247 e. The minimum absolute atomic E-state index is 0.326. The molecule has 2 unspecified atom stereocenters. The second-order valence-corrected chi connectivity index (χ2v) is 2.11. The molecule has 0 aliphatic carbocycles. The maximum absolute atomic E-state index is 12.3. The minimum atomic E-state index is -5.49. The van der Waals surface area contributed by atoms with Crippen molar-refractivity contribution >= 4 is 0 Å². The van der Waals surface area contributed by atoms with Crippen LogP contribution in [0.15, 0.2) is 0 Å². The highest BCUT2D eigenvalue weighted by molar-refractivity contribution is 4.91. The molecule has 68 valence electrons. The average molecular weight is 180 g/mol. The molecule has 0 aromatic heterocycles. The number of halogens is 6. The molecule has 0 fully saturated rings. The third-order valence-corrected chi connectivity index (χ3v) is 1.30. The van der Waals surface area contributed by atoms with Crippen molar-refractivity contribution in [2.75, 3.05) is 6.67 Å². The summed E-state index contributed by atoms with van der Waals surface area (Å²) in [4.78, 5) is 0. The lowest BCUT2D eigenvalue weighted by atomic mass is 10.0. The van der Waals surface area contributed by atoms with Crippen LogP contribution >= 0.6 is 0 Å². The fourth-order valence-corrected chi connectivity index (χ4v) is 0.408. The Morgan fingerprint density at radius 3 is 1.55 bits per heavy atom. The van der Waals surface area contributed by atoms with Gasteiger partial charge in [0, 0.05) is 0 Å². The third kappa shape index (κ3) is 1.78. The average Bonchev–Trinajstić information content (AvgIpc) is 1.83. The highest BCUT2D eigenvalue weighted by atomic mass is 19.4. The second kappa shape index (κ2) is 2.91. The van der Waals surface area contributed by atoms with Crippen LogP contribution in [0.5, 0.6) is 0 Å². The van der Waals surface area contributed by atoms with E-state index in [-0.39, 0.29) is 0 Å². The first-order valence-corrected chi connectivity index (χ1v) is 2.71. The SMILES string of the molecule is CC(F)C(F)(CF)C(F)(F)F. The molecule has 0 aromatic rings. The van der Waals surface area contributed by atoms with Gasteiger partial charge in [0.05, 0.1) is 0 Å². The summed E-state index contributed by atoms with van der Waals surface area (Å²) >= 11 is 0. The molecule has 0 bridgehead atoms. The van der Waals surface area contributed by atoms with E-state index in [1.165, 1.54) is 0 Å². The van der Waals surface area contributed by atoms with Crippen LogP contribution in [0.25, 0.3) is 0 Å². The van der Waals surface area contributed by atoms with Crippen molar-refractivity contribution in [2.45, 2.75) is 24.9 Å². The number of alkyl halides is 6. The Kier molecular flexibility index (Phi) is 2.79. The van der Waals surface area contributed by atoms with E-state index in [9.17, 15) is 26.3 Å². The smallest absolute Gasteiger partial charge is 0.247 e.